The average molecular weight is 337 g/mol. The number of rotatable bonds is 3. The molecule has 4 rings (SSSR count). The average Bonchev–Trinajstić information content (AvgIpc) is 3.39. The van der Waals surface area contributed by atoms with Crippen LogP contribution in [0.15, 0.2) is 0 Å². The molecular formula is C21H36O3. The van der Waals surface area contributed by atoms with Gasteiger partial charge in [-0.25, -0.2) is 0 Å². The second-order valence-electron chi connectivity index (χ2n) is 9.20. The van der Waals surface area contributed by atoms with E-state index in [2.05, 4.69) is 6.92 Å². The molecule has 2 heterocycles. The van der Waals surface area contributed by atoms with Crippen LogP contribution in [0.25, 0.3) is 0 Å². The topological polar surface area (TPSA) is 27.7 Å². The maximum atomic E-state index is 6.42. The Morgan fingerprint density at radius 2 is 1.67 bits per heavy atom. The number of ether oxygens (including phenoxy) is 3. The third-order valence-electron chi connectivity index (χ3n) is 7.57. The van der Waals surface area contributed by atoms with Gasteiger partial charge in [0.1, 0.15) is 0 Å². The summed E-state index contributed by atoms with van der Waals surface area (Å²) in [4.78, 5) is 0. The molecule has 0 aromatic rings. The van der Waals surface area contributed by atoms with Gasteiger partial charge in [0.15, 0.2) is 0 Å². The summed E-state index contributed by atoms with van der Waals surface area (Å²) in [5, 5.41) is 0. The lowest BCUT2D eigenvalue weighted by Gasteiger charge is -2.38. The molecule has 2 aliphatic heterocycles. The van der Waals surface area contributed by atoms with Gasteiger partial charge in [-0.2, -0.15) is 0 Å². The van der Waals surface area contributed by atoms with Crippen molar-refractivity contribution in [3.05, 3.63) is 0 Å². The Balaban J connectivity index is 1.27. The van der Waals surface area contributed by atoms with Gasteiger partial charge in [0, 0.05) is 5.92 Å². The van der Waals surface area contributed by atoms with Crippen LogP contribution < -0.4 is 0 Å². The highest BCUT2D eigenvalue weighted by atomic mass is 16.5. The second-order valence-corrected chi connectivity index (χ2v) is 9.20. The van der Waals surface area contributed by atoms with Crippen molar-refractivity contribution in [3.8, 4) is 0 Å². The fourth-order valence-electron chi connectivity index (χ4n) is 5.62. The molecule has 24 heavy (non-hydrogen) atoms. The molecule has 2 saturated carbocycles. The van der Waals surface area contributed by atoms with Crippen molar-refractivity contribution in [2.45, 2.75) is 70.8 Å². The van der Waals surface area contributed by atoms with Gasteiger partial charge in [-0.15, -0.1) is 0 Å². The smallest absolute Gasteiger partial charge is 0.0700 e. The zero-order valence-electron chi connectivity index (χ0n) is 15.5. The molecule has 2 aliphatic carbocycles. The fraction of sp³-hybridized carbons (Fsp3) is 1.00. The van der Waals surface area contributed by atoms with E-state index in [-0.39, 0.29) is 0 Å². The molecule has 0 radical (unpaired) electrons. The van der Waals surface area contributed by atoms with Crippen molar-refractivity contribution in [3.63, 3.8) is 0 Å². The zero-order chi connectivity index (χ0) is 16.4. The standard InChI is InChI=1S/C21H36O3/c1-16-5-6-18(12-21(16)7-8-21)19-3-2-4-20(24-15-19)11-17-13-22-9-10-23-14-17/h16-20H,2-15H2,1H3/t16-,18+,19?,20?/m1/s1. The van der Waals surface area contributed by atoms with Gasteiger partial charge in [0.2, 0.25) is 0 Å². The van der Waals surface area contributed by atoms with Gasteiger partial charge >= 0.3 is 0 Å². The van der Waals surface area contributed by atoms with Gasteiger partial charge < -0.3 is 14.2 Å². The van der Waals surface area contributed by atoms with Gasteiger partial charge in [-0.1, -0.05) is 13.3 Å². The molecule has 1 spiro atoms. The summed E-state index contributed by atoms with van der Waals surface area (Å²) < 4.78 is 17.7. The molecular weight excluding hydrogens is 300 g/mol. The van der Waals surface area contributed by atoms with Crippen molar-refractivity contribution in [2.24, 2.45) is 29.1 Å². The lowest BCUT2D eigenvalue weighted by Crippen LogP contribution is -2.31. The Kier molecular flexibility index (Phi) is 5.50. The highest BCUT2D eigenvalue weighted by Gasteiger charge is 2.51. The van der Waals surface area contributed by atoms with Crippen LogP contribution in [-0.4, -0.2) is 39.1 Å². The summed E-state index contributed by atoms with van der Waals surface area (Å²) in [5.74, 6) is 3.26. The SMILES string of the molecule is C[C@@H]1CC[C@H](C2CCCC(CC3COCCOC3)OC2)CC12CC2. The maximum absolute atomic E-state index is 6.42. The molecule has 0 N–H and O–H groups in total. The van der Waals surface area contributed by atoms with Crippen molar-refractivity contribution in [2.75, 3.05) is 33.0 Å². The van der Waals surface area contributed by atoms with Crippen molar-refractivity contribution in [1.82, 2.24) is 0 Å². The van der Waals surface area contributed by atoms with Gasteiger partial charge in [0.25, 0.3) is 0 Å². The fourth-order valence-corrected chi connectivity index (χ4v) is 5.62. The van der Waals surface area contributed by atoms with Crippen LogP contribution in [-0.2, 0) is 14.2 Å². The van der Waals surface area contributed by atoms with E-state index in [1.54, 1.807) is 0 Å². The first kappa shape index (κ1) is 17.3. The highest BCUT2D eigenvalue weighted by molar-refractivity contribution is 5.01. The Morgan fingerprint density at radius 3 is 2.42 bits per heavy atom. The molecule has 3 nitrogen and oxygen atoms in total. The Labute approximate surface area is 147 Å². The molecule has 2 unspecified atom stereocenters. The number of hydrogen-bond acceptors (Lipinski definition) is 3. The monoisotopic (exact) mass is 336 g/mol. The Bertz CT molecular complexity index is 398. The van der Waals surface area contributed by atoms with Crippen LogP contribution >= 0.6 is 0 Å². The molecule has 0 amide bonds. The van der Waals surface area contributed by atoms with Crippen molar-refractivity contribution in [1.29, 1.82) is 0 Å². The lowest BCUT2D eigenvalue weighted by molar-refractivity contribution is -0.00738. The second kappa shape index (κ2) is 7.63. The first-order valence-electron chi connectivity index (χ1n) is 10.5. The van der Waals surface area contributed by atoms with Crippen LogP contribution in [0, 0.1) is 29.1 Å². The van der Waals surface area contributed by atoms with Crippen LogP contribution in [0.3, 0.4) is 0 Å². The van der Waals surface area contributed by atoms with Crippen LogP contribution in [0.4, 0.5) is 0 Å². The summed E-state index contributed by atoms with van der Waals surface area (Å²) in [5.41, 5.74) is 0.754. The summed E-state index contributed by atoms with van der Waals surface area (Å²) >= 11 is 0. The largest absolute Gasteiger partial charge is 0.379 e. The minimum absolute atomic E-state index is 0.433. The molecule has 0 aromatic heterocycles. The van der Waals surface area contributed by atoms with Crippen molar-refractivity contribution >= 4 is 0 Å². The third-order valence-corrected chi connectivity index (χ3v) is 7.57. The minimum atomic E-state index is 0.433. The van der Waals surface area contributed by atoms with E-state index in [0.717, 1.165) is 62.6 Å². The van der Waals surface area contributed by atoms with E-state index < -0.39 is 0 Å². The van der Waals surface area contributed by atoms with Gasteiger partial charge in [-0.05, 0) is 74.5 Å². The maximum Gasteiger partial charge on any atom is 0.0700 e. The summed E-state index contributed by atoms with van der Waals surface area (Å²) in [6.07, 6.45) is 12.9. The first-order valence-corrected chi connectivity index (χ1v) is 10.5. The number of hydrogen-bond donors (Lipinski definition) is 0. The molecule has 3 heteroatoms. The van der Waals surface area contributed by atoms with E-state index in [1.807, 2.05) is 0 Å². The van der Waals surface area contributed by atoms with E-state index in [9.17, 15) is 0 Å². The van der Waals surface area contributed by atoms with Gasteiger partial charge in [0.05, 0.1) is 39.1 Å². The summed E-state index contributed by atoms with van der Waals surface area (Å²) in [6.45, 7) is 6.73. The first-order chi connectivity index (χ1) is 11.8. The molecule has 4 fully saturated rings. The summed E-state index contributed by atoms with van der Waals surface area (Å²) in [6, 6.07) is 0. The highest BCUT2D eigenvalue weighted by Crippen LogP contribution is 2.61. The molecule has 0 aromatic carbocycles. The molecule has 0 bridgehead atoms. The van der Waals surface area contributed by atoms with E-state index in [0.29, 0.717) is 12.0 Å². The zero-order valence-corrected chi connectivity index (χ0v) is 15.5. The molecule has 138 valence electrons. The minimum Gasteiger partial charge on any atom is -0.379 e. The molecule has 4 aliphatic rings. The Hall–Kier alpha value is -0.120. The van der Waals surface area contributed by atoms with Gasteiger partial charge in [-0.3, -0.25) is 0 Å². The van der Waals surface area contributed by atoms with Crippen molar-refractivity contribution < 1.29 is 14.2 Å². The van der Waals surface area contributed by atoms with Crippen LogP contribution in [0.1, 0.15) is 64.7 Å². The predicted octanol–water partition coefficient (Wildman–Crippen LogP) is 4.44. The van der Waals surface area contributed by atoms with E-state index >= 15 is 0 Å². The predicted molar refractivity (Wildman–Crippen MR) is 95.0 cm³/mol. The summed E-state index contributed by atoms with van der Waals surface area (Å²) in [7, 11) is 0. The quantitative estimate of drug-likeness (QED) is 0.762. The molecule has 2 saturated heterocycles. The van der Waals surface area contributed by atoms with Crippen LogP contribution in [0.5, 0.6) is 0 Å². The lowest BCUT2D eigenvalue weighted by atomic mass is 9.68. The van der Waals surface area contributed by atoms with Crippen LogP contribution in [0.2, 0.25) is 0 Å². The van der Waals surface area contributed by atoms with E-state index in [1.165, 1.54) is 51.4 Å². The molecule has 4 atom stereocenters. The van der Waals surface area contributed by atoms with E-state index in [4.69, 9.17) is 14.2 Å². The normalized spacial score (nSPS) is 40.9. The Morgan fingerprint density at radius 1 is 0.875 bits per heavy atom. The third kappa shape index (κ3) is 3.99.